The van der Waals surface area contributed by atoms with Crippen molar-refractivity contribution in [2.24, 2.45) is 5.73 Å². The van der Waals surface area contributed by atoms with Gasteiger partial charge in [0.1, 0.15) is 17.3 Å². The Balaban J connectivity index is 2.21. The van der Waals surface area contributed by atoms with Crippen LogP contribution in [0, 0.1) is 0 Å². The molecule has 2 N–H and O–H groups in total. The van der Waals surface area contributed by atoms with E-state index in [1.54, 1.807) is 30.3 Å². The number of halogens is 3. The number of hydrogen-bond donors (Lipinski definition) is 1. The minimum Gasteiger partial charge on any atom is -0.488 e. The van der Waals surface area contributed by atoms with Crippen LogP contribution in [-0.2, 0) is 6.61 Å². The largest absolute Gasteiger partial charge is 0.488 e. The Morgan fingerprint density at radius 3 is 2.45 bits per heavy atom. The van der Waals surface area contributed by atoms with Crippen LogP contribution in [0.1, 0.15) is 11.1 Å². The second kappa shape index (κ2) is 6.64. The molecule has 2 nitrogen and oxygen atoms in total. The van der Waals surface area contributed by atoms with E-state index in [2.05, 4.69) is 0 Å². The average molecular weight is 347 g/mol. The van der Waals surface area contributed by atoms with Crippen molar-refractivity contribution >= 4 is 52.0 Å². The van der Waals surface area contributed by atoms with E-state index in [0.29, 0.717) is 33.0 Å². The zero-order chi connectivity index (χ0) is 14.7. The molecule has 0 aromatic heterocycles. The van der Waals surface area contributed by atoms with E-state index in [1.807, 2.05) is 6.07 Å². The predicted octanol–water partition coefficient (Wildman–Crippen LogP) is 4.86. The lowest BCUT2D eigenvalue weighted by Gasteiger charge is -2.12. The van der Waals surface area contributed by atoms with Gasteiger partial charge in [-0.3, -0.25) is 0 Å². The van der Waals surface area contributed by atoms with Crippen LogP contribution in [0.2, 0.25) is 15.1 Å². The van der Waals surface area contributed by atoms with E-state index >= 15 is 0 Å². The molecule has 0 saturated carbocycles. The van der Waals surface area contributed by atoms with Crippen molar-refractivity contribution in [3.63, 3.8) is 0 Å². The molecule has 0 aliphatic rings. The normalized spacial score (nSPS) is 10.3. The van der Waals surface area contributed by atoms with Crippen LogP contribution in [0.4, 0.5) is 0 Å². The van der Waals surface area contributed by atoms with Gasteiger partial charge in [-0.2, -0.15) is 0 Å². The van der Waals surface area contributed by atoms with Gasteiger partial charge >= 0.3 is 0 Å². The highest BCUT2D eigenvalue weighted by Gasteiger charge is 2.11. The molecule has 0 saturated heterocycles. The average Bonchev–Trinajstić information content (AvgIpc) is 2.39. The summed E-state index contributed by atoms with van der Waals surface area (Å²) >= 11 is 22.9. The first-order chi connectivity index (χ1) is 9.49. The zero-order valence-electron chi connectivity index (χ0n) is 10.2. The maximum atomic E-state index is 6.07. The Bertz CT molecular complexity index is 661. The molecule has 2 rings (SSSR count). The molecular weight excluding hydrogens is 337 g/mol. The minimum atomic E-state index is 0.194. The van der Waals surface area contributed by atoms with Crippen LogP contribution in [0.5, 0.6) is 5.75 Å². The van der Waals surface area contributed by atoms with E-state index in [4.69, 9.17) is 57.5 Å². The summed E-state index contributed by atoms with van der Waals surface area (Å²) in [6, 6.07) is 10.5. The SMILES string of the molecule is NC(=S)c1c(Cl)cccc1OCc1ccc(Cl)c(Cl)c1. The van der Waals surface area contributed by atoms with Crippen LogP contribution in [-0.4, -0.2) is 4.99 Å². The van der Waals surface area contributed by atoms with Gasteiger partial charge < -0.3 is 10.5 Å². The van der Waals surface area contributed by atoms with Gasteiger partial charge in [0.05, 0.1) is 20.6 Å². The molecule has 6 heteroatoms. The Morgan fingerprint density at radius 1 is 1.05 bits per heavy atom. The molecule has 0 atom stereocenters. The molecule has 0 spiro atoms. The molecule has 0 unspecified atom stereocenters. The summed E-state index contributed by atoms with van der Waals surface area (Å²) in [6.45, 7) is 0.312. The van der Waals surface area contributed by atoms with Gasteiger partial charge in [-0.15, -0.1) is 0 Å². The monoisotopic (exact) mass is 345 g/mol. The second-order valence-electron chi connectivity index (χ2n) is 4.01. The molecule has 0 amide bonds. The minimum absolute atomic E-state index is 0.194. The molecule has 2 aromatic carbocycles. The number of ether oxygens (including phenoxy) is 1. The number of rotatable bonds is 4. The third-order valence-electron chi connectivity index (χ3n) is 2.60. The van der Waals surface area contributed by atoms with E-state index in [1.165, 1.54) is 0 Å². The highest BCUT2D eigenvalue weighted by molar-refractivity contribution is 7.80. The van der Waals surface area contributed by atoms with Crippen LogP contribution < -0.4 is 10.5 Å². The molecule has 104 valence electrons. The number of nitrogens with two attached hydrogens (primary N) is 1. The molecule has 2 aromatic rings. The summed E-state index contributed by atoms with van der Waals surface area (Å²) in [5.41, 5.74) is 7.07. The molecule has 0 bridgehead atoms. The first kappa shape index (κ1) is 15.4. The maximum Gasteiger partial charge on any atom is 0.131 e. The summed E-state index contributed by atoms with van der Waals surface area (Å²) in [5.74, 6) is 0.538. The lowest BCUT2D eigenvalue weighted by molar-refractivity contribution is 0.306. The third-order valence-corrected chi connectivity index (χ3v) is 3.86. The van der Waals surface area contributed by atoms with Crippen molar-refractivity contribution < 1.29 is 4.74 Å². The van der Waals surface area contributed by atoms with Gasteiger partial charge in [0.2, 0.25) is 0 Å². The van der Waals surface area contributed by atoms with Gasteiger partial charge in [-0.05, 0) is 29.8 Å². The lowest BCUT2D eigenvalue weighted by atomic mass is 10.2. The van der Waals surface area contributed by atoms with Crippen LogP contribution >= 0.6 is 47.0 Å². The topological polar surface area (TPSA) is 35.2 Å². The highest BCUT2D eigenvalue weighted by Crippen LogP contribution is 2.28. The fourth-order valence-corrected chi connectivity index (χ4v) is 2.51. The highest BCUT2D eigenvalue weighted by atomic mass is 35.5. The fourth-order valence-electron chi connectivity index (χ4n) is 1.65. The summed E-state index contributed by atoms with van der Waals surface area (Å²) < 4.78 is 5.71. The summed E-state index contributed by atoms with van der Waals surface area (Å²) in [7, 11) is 0. The van der Waals surface area contributed by atoms with Gasteiger partial charge in [0.25, 0.3) is 0 Å². The van der Waals surface area contributed by atoms with E-state index < -0.39 is 0 Å². The second-order valence-corrected chi connectivity index (χ2v) is 5.68. The van der Waals surface area contributed by atoms with E-state index in [-0.39, 0.29) is 4.99 Å². The van der Waals surface area contributed by atoms with Crippen LogP contribution in [0.3, 0.4) is 0 Å². The van der Waals surface area contributed by atoms with Gasteiger partial charge in [0, 0.05) is 0 Å². The molecule has 0 fully saturated rings. The number of thiocarbonyl (C=S) groups is 1. The first-order valence-corrected chi connectivity index (χ1v) is 7.18. The summed E-state index contributed by atoms with van der Waals surface area (Å²) in [4.78, 5) is 0.194. The Hall–Kier alpha value is -1.000. The molecule has 0 aliphatic heterocycles. The molecule has 20 heavy (non-hydrogen) atoms. The van der Waals surface area contributed by atoms with Gasteiger partial charge in [-0.25, -0.2) is 0 Å². The Labute approximate surface area is 137 Å². The van der Waals surface area contributed by atoms with Crippen molar-refractivity contribution in [2.75, 3.05) is 0 Å². The van der Waals surface area contributed by atoms with Crippen molar-refractivity contribution in [3.05, 3.63) is 62.6 Å². The first-order valence-electron chi connectivity index (χ1n) is 5.64. The van der Waals surface area contributed by atoms with E-state index in [9.17, 15) is 0 Å². The van der Waals surface area contributed by atoms with Gasteiger partial charge in [-0.1, -0.05) is 59.2 Å². The van der Waals surface area contributed by atoms with Crippen LogP contribution in [0.25, 0.3) is 0 Å². The quantitative estimate of drug-likeness (QED) is 0.803. The predicted molar refractivity (Wildman–Crippen MR) is 88.1 cm³/mol. The molecule has 0 aliphatic carbocycles. The molecule has 0 radical (unpaired) electrons. The third kappa shape index (κ3) is 3.55. The Morgan fingerprint density at radius 2 is 1.80 bits per heavy atom. The van der Waals surface area contributed by atoms with Crippen molar-refractivity contribution in [1.82, 2.24) is 0 Å². The molecular formula is C14H10Cl3NOS. The fraction of sp³-hybridized carbons (Fsp3) is 0.0714. The summed E-state index contributed by atoms with van der Waals surface area (Å²) in [6.07, 6.45) is 0. The zero-order valence-corrected chi connectivity index (χ0v) is 13.3. The summed E-state index contributed by atoms with van der Waals surface area (Å²) in [5, 5.41) is 1.44. The smallest absolute Gasteiger partial charge is 0.131 e. The number of hydrogen-bond acceptors (Lipinski definition) is 2. The lowest BCUT2D eigenvalue weighted by Crippen LogP contribution is -2.12. The van der Waals surface area contributed by atoms with E-state index in [0.717, 1.165) is 5.56 Å². The standard InChI is InChI=1S/C14H10Cl3NOS/c15-9-5-4-8(6-11(9)17)7-19-12-3-1-2-10(16)13(12)14(18)20/h1-6H,7H2,(H2,18,20). The van der Waals surface area contributed by atoms with Crippen molar-refractivity contribution in [2.45, 2.75) is 6.61 Å². The Kier molecular flexibility index (Phi) is 5.11. The van der Waals surface area contributed by atoms with Crippen molar-refractivity contribution in [3.8, 4) is 5.75 Å². The number of benzene rings is 2. The van der Waals surface area contributed by atoms with Crippen molar-refractivity contribution in [1.29, 1.82) is 0 Å². The van der Waals surface area contributed by atoms with Crippen LogP contribution in [0.15, 0.2) is 36.4 Å². The van der Waals surface area contributed by atoms with Gasteiger partial charge in [0.15, 0.2) is 0 Å². The molecule has 0 heterocycles. The maximum absolute atomic E-state index is 6.07.